The van der Waals surface area contributed by atoms with Gasteiger partial charge >= 0.3 is 0 Å². The number of rotatable bonds is 4. The molecule has 0 aliphatic heterocycles. The normalized spacial score (nSPS) is 12.9. The van der Waals surface area contributed by atoms with Crippen molar-refractivity contribution >= 4 is 11.3 Å². The van der Waals surface area contributed by atoms with E-state index in [4.69, 9.17) is 5.73 Å². The van der Waals surface area contributed by atoms with E-state index >= 15 is 0 Å². The molecule has 0 aliphatic carbocycles. The first-order chi connectivity index (χ1) is 7.72. The molecule has 0 fully saturated rings. The molecule has 0 aliphatic rings. The Morgan fingerprint density at radius 3 is 3.00 bits per heavy atom. The van der Waals surface area contributed by atoms with Gasteiger partial charge in [-0.25, -0.2) is 4.98 Å². The number of hydrogen-bond acceptors (Lipinski definition) is 4. The van der Waals surface area contributed by atoms with Crippen molar-refractivity contribution in [3.63, 3.8) is 0 Å². The second-order valence-electron chi connectivity index (χ2n) is 3.77. The van der Waals surface area contributed by atoms with Crippen LogP contribution in [0.4, 0.5) is 0 Å². The van der Waals surface area contributed by atoms with Gasteiger partial charge in [0.2, 0.25) is 0 Å². The Balaban J connectivity index is 2.13. The van der Waals surface area contributed by atoms with Crippen molar-refractivity contribution in [2.45, 2.75) is 32.9 Å². The van der Waals surface area contributed by atoms with Crippen LogP contribution >= 0.6 is 11.3 Å². The topological polar surface area (TPSA) is 56.7 Å². The molecule has 16 heavy (non-hydrogen) atoms. The van der Waals surface area contributed by atoms with E-state index in [0.717, 1.165) is 18.8 Å². The molecule has 1 unspecified atom stereocenters. The molecular weight excluding hydrogens is 220 g/mol. The van der Waals surface area contributed by atoms with Crippen LogP contribution < -0.4 is 5.73 Å². The standard InChI is InChI=1S/C11H16N4S/c1-3-15-10(13-7-14-15)6-9(12)11-8(2)4-5-16-11/h4-5,7,9H,3,6,12H2,1-2H3. The molecule has 0 saturated heterocycles. The molecule has 0 radical (unpaired) electrons. The summed E-state index contributed by atoms with van der Waals surface area (Å²) in [5, 5.41) is 6.22. The Hall–Kier alpha value is -1.20. The summed E-state index contributed by atoms with van der Waals surface area (Å²) in [6, 6.07) is 2.12. The van der Waals surface area contributed by atoms with E-state index in [0.29, 0.717) is 0 Å². The molecular formula is C11H16N4S. The first-order valence-corrected chi connectivity index (χ1v) is 6.26. The van der Waals surface area contributed by atoms with Crippen LogP contribution in [0, 0.1) is 6.92 Å². The minimum absolute atomic E-state index is 0.0227. The smallest absolute Gasteiger partial charge is 0.138 e. The van der Waals surface area contributed by atoms with E-state index in [-0.39, 0.29) is 6.04 Å². The molecule has 1 atom stereocenters. The van der Waals surface area contributed by atoms with Gasteiger partial charge in [0.25, 0.3) is 0 Å². The predicted molar refractivity (Wildman–Crippen MR) is 65.4 cm³/mol. The fourth-order valence-electron chi connectivity index (χ4n) is 1.76. The van der Waals surface area contributed by atoms with Crippen molar-refractivity contribution in [2.24, 2.45) is 5.73 Å². The van der Waals surface area contributed by atoms with Gasteiger partial charge in [0.15, 0.2) is 0 Å². The summed E-state index contributed by atoms with van der Waals surface area (Å²) in [6.07, 6.45) is 2.34. The molecule has 0 aromatic carbocycles. The SMILES string of the molecule is CCn1ncnc1CC(N)c1sccc1C. The van der Waals surface area contributed by atoms with Gasteiger partial charge in [-0.2, -0.15) is 5.10 Å². The van der Waals surface area contributed by atoms with Crippen molar-refractivity contribution in [1.29, 1.82) is 0 Å². The summed E-state index contributed by atoms with van der Waals surface area (Å²) in [7, 11) is 0. The van der Waals surface area contributed by atoms with Crippen molar-refractivity contribution in [3.8, 4) is 0 Å². The maximum Gasteiger partial charge on any atom is 0.138 e. The molecule has 5 heteroatoms. The number of aromatic nitrogens is 3. The van der Waals surface area contributed by atoms with E-state index in [2.05, 4.69) is 35.4 Å². The first kappa shape index (κ1) is 11.3. The van der Waals surface area contributed by atoms with Crippen LogP contribution in [0.3, 0.4) is 0 Å². The maximum absolute atomic E-state index is 6.18. The van der Waals surface area contributed by atoms with Gasteiger partial charge in [0.1, 0.15) is 12.2 Å². The molecule has 0 saturated carbocycles. The second-order valence-corrected chi connectivity index (χ2v) is 4.72. The average Bonchev–Trinajstić information content (AvgIpc) is 2.86. The molecule has 4 nitrogen and oxygen atoms in total. The average molecular weight is 236 g/mol. The first-order valence-electron chi connectivity index (χ1n) is 5.38. The van der Waals surface area contributed by atoms with Crippen LogP contribution in [0.5, 0.6) is 0 Å². The minimum atomic E-state index is 0.0227. The molecule has 0 bridgehead atoms. The van der Waals surface area contributed by atoms with Gasteiger partial charge in [0.05, 0.1) is 0 Å². The Morgan fingerprint density at radius 2 is 2.38 bits per heavy atom. The van der Waals surface area contributed by atoms with Crippen LogP contribution in [0.1, 0.15) is 29.2 Å². The molecule has 2 heterocycles. The third kappa shape index (κ3) is 2.15. The molecule has 0 spiro atoms. The summed E-state index contributed by atoms with van der Waals surface area (Å²) >= 11 is 1.71. The lowest BCUT2D eigenvalue weighted by Crippen LogP contribution is -2.16. The number of thiophene rings is 1. The molecule has 2 aromatic heterocycles. The number of hydrogen-bond donors (Lipinski definition) is 1. The fourth-order valence-corrected chi connectivity index (χ4v) is 2.69. The zero-order chi connectivity index (χ0) is 11.5. The fraction of sp³-hybridized carbons (Fsp3) is 0.455. The van der Waals surface area contributed by atoms with Crippen molar-refractivity contribution in [1.82, 2.24) is 14.8 Å². The third-order valence-electron chi connectivity index (χ3n) is 2.64. The molecule has 0 amide bonds. The zero-order valence-electron chi connectivity index (χ0n) is 9.55. The summed E-state index contributed by atoms with van der Waals surface area (Å²) in [6.45, 7) is 4.99. The van der Waals surface area contributed by atoms with Crippen LogP contribution in [-0.4, -0.2) is 14.8 Å². The van der Waals surface area contributed by atoms with Gasteiger partial charge < -0.3 is 5.73 Å². The number of nitrogens with zero attached hydrogens (tertiary/aromatic N) is 3. The summed E-state index contributed by atoms with van der Waals surface area (Å²) in [4.78, 5) is 5.48. The molecule has 2 aromatic rings. The van der Waals surface area contributed by atoms with Gasteiger partial charge in [-0.15, -0.1) is 11.3 Å². The van der Waals surface area contributed by atoms with Gasteiger partial charge in [-0.1, -0.05) is 0 Å². The molecule has 2 N–H and O–H groups in total. The van der Waals surface area contributed by atoms with Gasteiger partial charge in [-0.3, -0.25) is 4.68 Å². The Morgan fingerprint density at radius 1 is 1.56 bits per heavy atom. The van der Waals surface area contributed by atoms with E-state index in [1.165, 1.54) is 10.4 Å². The van der Waals surface area contributed by atoms with Gasteiger partial charge in [-0.05, 0) is 30.9 Å². The second kappa shape index (κ2) is 4.76. The minimum Gasteiger partial charge on any atom is -0.323 e. The molecule has 2 rings (SSSR count). The third-order valence-corrected chi connectivity index (χ3v) is 3.79. The highest BCUT2D eigenvalue weighted by molar-refractivity contribution is 7.10. The number of aryl methyl sites for hydroxylation is 2. The highest BCUT2D eigenvalue weighted by atomic mass is 32.1. The van der Waals surface area contributed by atoms with E-state index in [1.54, 1.807) is 17.7 Å². The lowest BCUT2D eigenvalue weighted by atomic mass is 10.1. The largest absolute Gasteiger partial charge is 0.323 e. The highest BCUT2D eigenvalue weighted by Gasteiger charge is 2.14. The Labute approximate surface area is 99.1 Å². The zero-order valence-corrected chi connectivity index (χ0v) is 10.4. The van der Waals surface area contributed by atoms with Crippen molar-refractivity contribution in [3.05, 3.63) is 34.0 Å². The lowest BCUT2D eigenvalue weighted by Gasteiger charge is -2.10. The van der Waals surface area contributed by atoms with E-state index in [1.807, 2.05) is 4.68 Å². The van der Waals surface area contributed by atoms with Crippen LogP contribution in [0.25, 0.3) is 0 Å². The number of nitrogens with two attached hydrogens (primary N) is 1. The Kier molecular flexibility index (Phi) is 3.36. The van der Waals surface area contributed by atoms with Crippen molar-refractivity contribution < 1.29 is 0 Å². The van der Waals surface area contributed by atoms with Crippen LogP contribution in [0.2, 0.25) is 0 Å². The predicted octanol–water partition coefficient (Wildman–Crippen LogP) is 1.91. The van der Waals surface area contributed by atoms with Crippen molar-refractivity contribution in [2.75, 3.05) is 0 Å². The quantitative estimate of drug-likeness (QED) is 0.882. The maximum atomic E-state index is 6.18. The monoisotopic (exact) mass is 236 g/mol. The highest BCUT2D eigenvalue weighted by Crippen LogP contribution is 2.24. The van der Waals surface area contributed by atoms with E-state index < -0.39 is 0 Å². The summed E-state index contributed by atoms with van der Waals surface area (Å²) < 4.78 is 1.89. The van der Waals surface area contributed by atoms with Crippen LogP contribution in [0.15, 0.2) is 17.8 Å². The van der Waals surface area contributed by atoms with Crippen LogP contribution in [-0.2, 0) is 13.0 Å². The molecule has 86 valence electrons. The lowest BCUT2D eigenvalue weighted by molar-refractivity contribution is 0.583. The van der Waals surface area contributed by atoms with Gasteiger partial charge in [0, 0.05) is 23.9 Å². The van der Waals surface area contributed by atoms with E-state index in [9.17, 15) is 0 Å². The summed E-state index contributed by atoms with van der Waals surface area (Å²) in [5.74, 6) is 0.961. The summed E-state index contributed by atoms with van der Waals surface area (Å²) in [5.41, 5.74) is 7.45. The Bertz CT molecular complexity index is 460.